The van der Waals surface area contributed by atoms with E-state index >= 15 is 0 Å². The Labute approximate surface area is 147 Å². The summed E-state index contributed by atoms with van der Waals surface area (Å²) >= 11 is 6.09. The monoisotopic (exact) mass is 353 g/mol. The lowest BCUT2D eigenvalue weighted by molar-refractivity contribution is -0.131. The van der Waals surface area contributed by atoms with Gasteiger partial charge in [0.1, 0.15) is 5.75 Å². The minimum absolute atomic E-state index is 0.0462. The Bertz CT molecular complexity index is 586. The van der Waals surface area contributed by atoms with Gasteiger partial charge in [-0.3, -0.25) is 4.79 Å². The van der Waals surface area contributed by atoms with Crippen molar-refractivity contribution >= 4 is 23.5 Å². The van der Waals surface area contributed by atoms with E-state index in [0.717, 1.165) is 12.0 Å². The van der Waals surface area contributed by atoms with Crippen LogP contribution in [0.15, 0.2) is 18.2 Å². The lowest BCUT2D eigenvalue weighted by Crippen LogP contribution is -2.53. The molecule has 2 rings (SSSR count). The van der Waals surface area contributed by atoms with Gasteiger partial charge >= 0.3 is 6.03 Å². The molecule has 1 aromatic carbocycles. The van der Waals surface area contributed by atoms with E-state index in [4.69, 9.17) is 16.3 Å². The first-order valence-corrected chi connectivity index (χ1v) is 8.56. The van der Waals surface area contributed by atoms with Gasteiger partial charge in [0, 0.05) is 32.7 Å². The van der Waals surface area contributed by atoms with Crippen molar-refractivity contribution in [1.82, 2.24) is 15.1 Å². The van der Waals surface area contributed by atoms with Gasteiger partial charge in [0.05, 0.1) is 18.6 Å². The lowest BCUT2D eigenvalue weighted by Gasteiger charge is -2.34. The van der Waals surface area contributed by atoms with Gasteiger partial charge in [0.25, 0.3) is 0 Å². The van der Waals surface area contributed by atoms with Crippen molar-refractivity contribution in [1.29, 1.82) is 0 Å². The maximum Gasteiger partial charge on any atom is 0.317 e. The molecule has 132 valence electrons. The number of hydrogen-bond donors (Lipinski definition) is 1. The second-order valence-corrected chi connectivity index (χ2v) is 6.15. The molecule has 1 fully saturated rings. The zero-order chi connectivity index (χ0) is 17.5. The van der Waals surface area contributed by atoms with Crippen molar-refractivity contribution in [3.05, 3.63) is 28.8 Å². The molecule has 0 atom stereocenters. The molecule has 6 nitrogen and oxygen atoms in total. The van der Waals surface area contributed by atoms with Gasteiger partial charge in [-0.25, -0.2) is 4.79 Å². The Morgan fingerprint density at radius 3 is 2.46 bits per heavy atom. The average molecular weight is 354 g/mol. The van der Waals surface area contributed by atoms with Crippen LogP contribution in [0.25, 0.3) is 0 Å². The minimum atomic E-state index is -0.0501. The number of carbonyl (C=O) groups is 2. The Morgan fingerprint density at radius 2 is 1.88 bits per heavy atom. The predicted molar refractivity (Wildman–Crippen MR) is 93.6 cm³/mol. The second kappa shape index (κ2) is 8.78. The molecule has 7 heteroatoms. The summed E-state index contributed by atoms with van der Waals surface area (Å²) in [6.45, 7) is 4.93. The lowest BCUT2D eigenvalue weighted by atomic mass is 10.1. The van der Waals surface area contributed by atoms with E-state index in [1.54, 1.807) is 29.0 Å². The van der Waals surface area contributed by atoms with E-state index < -0.39 is 0 Å². The molecule has 0 saturated carbocycles. The Morgan fingerprint density at radius 1 is 1.21 bits per heavy atom. The number of ether oxygens (including phenoxy) is 1. The van der Waals surface area contributed by atoms with Crippen molar-refractivity contribution < 1.29 is 14.3 Å². The summed E-state index contributed by atoms with van der Waals surface area (Å²) in [6.07, 6.45) is 1.21. The van der Waals surface area contributed by atoms with E-state index in [0.29, 0.717) is 49.9 Å². The zero-order valence-electron chi connectivity index (χ0n) is 14.2. The fraction of sp³-hybridized carbons (Fsp3) is 0.529. The van der Waals surface area contributed by atoms with Gasteiger partial charge in [-0.05, 0) is 24.1 Å². The third kappa shape index (κ3) is 4.77. The molecule has 24 heavy (non-hydrogen) atoms. The predicted octanol–water partition coefficient (Wildman–Crippen LogP) is 2.15. The molecule has 3 amide bonds. The van der Waals surface area contributed by atoms with E-state index in [-0.39, 0.29) is 11.9 Å². The number of piperazine rings is 1. The molecule has 0 aromatic heterocycles. The number of rotatable bonds is 5. The first kappa shape index (κ1) is 18.4. The van der Waals surface area contributed by atoms with Crippen LogP contribution < -0.4 is 10.1 Å². The number of hydrogen-bond acceptors (Lipinski definition) is 3. The summed E-state index contributed by atoms with van der Waals surface area (Å²) in [5.41, 5.74) is 0.855. The molecule has 1 saturated heterocycles. The van der Waals surface area contributed by atoms with Gasteiger partial charge in [-0.15, -0.1) is 0 Å². The molecule has 1 aromatic rings. The molecule has 1 N–H and O–H groups in total. The fourth-order valence-electron chi connectivity index (χ4n) is 2.61. The van der Waals surface area contributed by atoms with Gasteiger partial charge in [-0.1, -0.05) is 24.6 Å². The van der Waals surface area contributed by atoms with E-state index in [9.17, 15) is 9.59 Å². The quantitative estimate of drug-likeness (QED) is 0.882. The summed E-state index contributed by atoms with van der Waals surface area (Å²) in [4.78, 5) is 27.9. The third-order valence-electron chi connectivity index (χ3n) is 4.02. The number of nitrogens with one attached hydrogen (secondary N) is 1. The maximum atomic E-state index is 12.4. The highest BCUT2D eigenvalue weighted by Crippen LogP contribution is 2.25. The number of carbonyl (C=O) groups excluding carboxylic acids is 2. The van der Waals surface area contributed by atoms with Crippen LogP contribution in [-0.2, 0) is 11.2 Å². The Hall–Kier alpha value is -1.95. The van der Waals surface area contributed by atoms with Crippen molar-refractivity contribution in [2.45, 2.75) is 19.8 Å². The zero-order valence-corrected chi connectivity index (χ0v) is 14.9. The van der Waals surface area contributed by atoms with Crippen LogP contribution in [0.5, 0.6) is 5.75 Å². The summed E-state index contributed by atoms with van der Waals surface area (Å²) in [7, 11) is 1.56. The minimum Gasteiger partial charge on any atom is -0.495 e. The number of amides is 3. The molecular formula is C17H24ClN3O3. The molecule has 0 unspecified atom stereocenters. The smallest absolute Gasteiger partial charge is 0.317 e. The first-order valence-electron chi connectivity index (χ1n) is 8.18. The van der Waals surface area contributed by atoms with Crippen LogP contribution in [0.1, 0.15) is 18.9 Å². The van der Waals surface area contributed by atoms with Crippen molar-refractivity contribution in [2.24, 2.45) is 0 Å². The largest absolute Gasteiger partial charge is 0.495 e. The normalized spacial score (nSPS) is 14.5. The van der Waals surface area contributed by atoms with Crippen molar-refractivity contribution in [2.75, 3.05) is 39.8 Å². The van der Waals surface area contributed by atoms with Gasteiger partial charge in [0.2, 0.25) is 5.91 Å². The summed E-state index contributed by atoms with van der Waals surface area (Å²) in [5, 5.41) is 3.36. The van der Waals surface area contributed by atoms with E-state index in [1.165, 1.54) is 0 Å². The van der Waals surface area contributed by atoms with Crippen LogP contribution >= 0.6 is 11.6 Å². The molecule has 1 aliphatic rings. The fourth-order valence-corrected chi connectivity index (χ4v) is 2.89. The van der Waals surface area contributed by atoms with Crippen LogP contribution in [0.2, 0.25) is 5.02 Å². The highest BCUT2D eigenvalue weighted by molar-refractivity contribution is 6.32. The number of methoxy groups -OCH3 is 1. The molecule has 1 aliphatic heterocycles. The summed E-state index contributed by atoms with van der Waals surface area (Å²) in [5.74, 6) is 0.643. The molecule has 0 spiro atoms. The molecule has 1 heterocycles. The number of nitrogens with zero attached hydrogens (tertiary/aromatic N) is 2. The van der Waals surface area contributed by atoms with Crippen LogP contribution in [0, 0.1) is 0 Å². The third-order valence-corrected chi connectivity index (χ3v) is 4.31. The van der Waals surface area contributed by atoms with Gasteiger partial charge in [0.15, 0.2) is 0 Å². The molecular weight excluding hydrogens is 330 g/mol. The van der Waals surface area contributed by atoms with Crippen LogP contribution in [0.3, 0.4) is 0 Å². The molecule has 0 bridgehead atoms. The standard InChI is InChI=1S/C17H24ClN3O3/c1-3-6-19-17(23)21-9-7-20(8-10-21)16(22)12-13-4-5-15(24-2)14(18)11-13/h4-5,11H,3,6-10,12H2,1-2H3,(H,19,23). The van der Waals surface area contributed by atoms with Crippen molar-refractivity contribution in [3.63, 3.8) is 0 Å². The molecule has 0 aliphatic carbocycles. The van der Waals surface area contributed by atoms with Gasteiger partial charge < -0.3 is 19.9 Å². The Balaban J connectivity index is 1.84. The summed E-state index contributed by atoms with van der Waals surface area (Å²) < 4.78 is 5.11. The number of halogens is 1. The Kier molecular flexibility index (Phi) is 6.73. The van der Waals surface area contributed by atoms with E-state index in [1.807, 2.05) is 13.0 Å². The van der Waals surface area contributed by atoms with Crippen LogP contribution in [0.4, 0.5) is 4.79 Å². The topological polar surface area (TPSA) is 61.9 Å². The second-order valence-electron chi connectivity index (χ2n) is 5.75. The molecule has 0 radical (unpaired) electrons. The summed E-state index contributed by atoms with van der Waals surface area (Å²) in [6, 6.07) is 5.32. The number of urea groups is 1. The first-order chi connectivity index (χ1) is 11.5. The highest BCUT2D eigenvalue weighted by atomic mass is 35.5. The number of benzene rings is 1. The van der Waals surface area contributed by atoms with Crippen LogP contribution in [-0.4, -0.2) is 61.6 Å². The average Bonchev–Trinajstić information content (AvgIpc) is 2.60. The van der Waals surface area contributed by atoms with E-state index in [2.05, 4.69) is 5.32 Å². The SMILES string of the molecule is CCCNC(=O)N1CCN(C(=O)Cc2ccc(OC)c(Cl)c2)CC1. The highest BCUT2D eigenvalue weighted by Gasteiger charge is 2.24. The maximum absolute atomic E-state index is 12.4. The van der Waals surface area contributed by atoms with Crippen molar-refractivity contribution in [3.8, 4) is 5.75 Å². The van der Waals surface area contributed by atoms with Gasteiger partial charge in [-0.2, -0.15) is 0 Å².